The van der Waals surface area contributed by atoms with E-state index >= 15 is 0 Å². The van der Waals surface area contributed by atoms with Crippen molar-refractivity contribution in [2.45, 2.75) is 39.5 Å². The molecular weight excluding hydrogens is 300 g/mol. The number of aliphatic hydroxyl groups excluding tert-OH is 1. The molecule has 0 radical (unpaired) electrons. The maximum absolute atomic E-state index is 13.2. The molecule has 1 N–H and O–H groups in total. The van der Waals surface area contributed by atoms with Gasteiger partial charge in [-0.15, -0.1) is 0 Å². The minimum atomic E-state index is -0.124. The van der Waals surface area contributed by atoms with E-state index < -0.39 is 0 Å². The number of hydrogen-bond acceptors (Lipinski definition) is 2. The second kappa shape index (κ2) is 6.60. The fourth-order valence-electron chi connectivity index (χ4n) is 4.36. The van der Waals surface area contributed by atoms with Crippen LogP contribution in [0.4, 0.5) is 0 Å². The summed E-state index contributed by atoms with van der Waals surface area (Å²) in [6.45, 7) is 5.79. The van der Waals surface area contributed by atoms with Gasteiger partial charge in [0.15, 0.2) is 0 Å². The van der Waals surface area contributed by atoms with Crippen molar-refractivity contribution in [3.63, 3.8) is 0 Å². The smallest absolute Gasteiger partial charge is 0.270 e. The Morgan fingerprint density at radius 1 is 1.33 bits per heavy atom. The molecule has 1 aromatic carbocycles. The normalized spacial score (nSPS) is 21.4. The Labute approximate surface area is 144 Å². The number of carbonyl (C=O) groups excluding carboxylic acids is 1. The number of amides is 1. The largest absolute Gasteiger partial charge is 0.396 e. The van der Waals surface area contributed by atoms with Crippen LogP contribution in [-0.4, -0.2) is 40.2 Å². The van der Waals surface area contributed by atoms with Crippen LogP contribution in [0.5, 0.6) is 0 Å². The summed E-state index contributed by atoms with van der Waals surface area (Å²) in [6.07, 6.45) is 3.99. The average molecular weight is 328 g/mol. The molecule has 4 nitrogen and oxygen atoms in total. The van der Waals surface area contributed by atoms with Gasteiger partial charge >= 0.3 is 0 Å². The first-order valence-corrected chi connectivity index (χ1v) is 8.97. The number of hydrogen-bond donors (Lipinski definition) is 1. The number of para-hydroxylation sites is 1. The molecule has 2 heterocycles. The molecule has 1 unspecified atom stereocenters. The molecule has 1 aliphatic rings. The molecule has 1 aliphatic heterocycles. The predicted octanol–water partition coefficient (Wildman–Crippen LogP) is 3.50. The van der Waals surface area contributed by atoms with Crippen molar-refractivity contribution in [3.8, 4) is 0 Å². The standard InChI is InChI=1S/C20H28N2O2/c1-4-10-20(14-23)11-7-12-22(13-20)19(24)18-15(2)16-8-5-6-9-17(16)21(18)3/h5-6,8-9,23H,4,7,10-14H2,1-3H3. The first-order chi connectivity index (χ1) is 11.5. The third-order valence-corrected chi connectivity index (χ3v) is 5.63. The Hall–Kier alpha value is -1.81. The van der Waals surface area contributed by atoms with Crippen molar-refractivity contribution in [3.05, 3.63) is 35.5 Å². The Bertz CT molecular complexity index is 706. The van der Waals surface area contributed by atoms with Crippen LogP contribution in [-0.2, 0) is 7.05 Å². The van der Waals surface area contributed by atoms with E-state index in [2.05, 4.69) is 19.1 Å². The number of nitrogens with zero attached hydrogens (tertiary/aromatic N) is 2. The van der Waals surface area contributed by atoms with Gasteiger partial charge in [0.2, 0.25) is 0 Å². The summed E-state index contributed by atoms with van der Waals surface area (Å²) in [5.41, 5.74) is 2.80. The third kappa shape index (κ3) is 2.73. The Balaban J connectivity index is 1.95. The number of aromatic nitrogens is 1. The lowest BCUT2D eigenvalue weighted by atomic mass is 9.77. The van der Waals surface area contributed by atoms with Crippen LogP contribution in [0.25, 0.3) is 10.9 Å². The monoisotopic (exact) mass is 328 g/mol. The average Bonchev–Trinajstić information content (AvgIpc) is 2.86. The molecule has 1 saturated heterocycles. The fraction of sp³-hybridized carbons (Fsp3) is 0.550. The summed E-state index contributed by atoms with van der Waals surface area (Å²) in [5, 5.41) is 11.1. The van der Waals surface area contributed by atoms with Crippen molar-refractivity contribution in [1.29, 1.82) is 0 Å². The number of aryl methyl sites for hydroxylation is 2. The highest BCUT2D eigenvalue weighted by atomic mass is 16.3. The topological polar surface area (TPSA) is 45.5 Å². The minimum Gasteiger partial charge on any atom is -0.396 e. The molecule has 1 aromatic heterocycles. The van der Waals surface area contributed by atoms with E-state index in [1.54, 1.807) is 0 Å². The highest BCUT2D eigenvalue weighted by Gasteiger charge is 2.37. The van der Waals surface area contributed by atoms with Crippen molar-refractivity contribution in [2.75, 3.05) is 19.7 Å². The fourth-order valence-corrected chi connectivity index (χ4v) is 4.36. The van der Waals surface area contributed by atoms with Gasteiger partial charge in [0.05, 0.1) is 6.61 Å². The van der Waals surface area contributed by atoms with Gasteiger partial charge in [-0.05, 0) is 37.8 Å². The van der Waals surface area contributed by atoms with E-state index in [0.29, 0.717) is 6.54 Å². The quantitative estimate of drug-likeness (QED) is 0.933. The molecule has 1 amide bonds. The van der Waals surface area contributed by atoms with Crippen LogP contribution in [0.1, 0.15) is 48.7 Å². The maximum Gasteiger partial charge on any atom is 0.270 e. The van der Waals surface area contributed by atoms with Gasteiger partial charge in [-0.3, -0.25) is 4.79 Å². The highest BCUT2D eigenvalue weighted by molar-refractivity contribution is 6.01. The van der Waals surface area contributed by atoms with Crippen LogP contribution in [0.15, 0.2) is 24.3 Å². The van der Waals surface area contributed by atoms with Crippen LogP contribution < -0.4 is 0 Å². The molecule has 130 valence electrons. The second-order valence-electron chi connectivity index (χ2n) is 7.29. The second-order valence-corrected chi connectivity index (χ2v) is 7.29. The summed E-state index contributed by atoms with van der Waals surface area (Å²) in [7, 11) is 1.97. The molecule has 0 spiro atoms. The summed E-state index contributed by atoms with van der Waals surface area (Å²) in [6, 6.07) is 8.16. The first-order valence-electron chi connectivity index (χ1n) is 8.97. The SMILES string of the molecule is CCCC1(CO)CCCN(C(=O)c2c(C)c3ccccc3n2C)C1. The van der Waals surface area contributed by atoms with Gasteiger partial charge in [-0.25, -0.2) is 0 Å². The van der Waals surface area contributed by atoms with Crippen molar-refractivity contribution < 1.29 is 9.90 Å². The van der Waals surface area contributed by atoms with Crippen LogP contribution in [0.3, 0.4) is 0 Å². The molecule has 0 aliphatic carbocycles. The number of aliphatic hydroxyl groups is 1. The van der Waals surface area contributed by atoms with Gasteiger partial charge in [-0.1, -0.05) is 31.5 Å². The Kier molecular flexibility index (Phi) is 4.68. The van der Waals surface area contributed by atoms with Gasteiger partial charge in [0.25, 0.3) is 5.91 Å². The van der Waals surface area contributed by atoms with Crippen molar-refractivity contribution in [2.24, 2.45) is 12.5 Å². The van der Waals surface area contributed by atoms with E-state index in [4.69, 9.17) is 0 Å². The summed E-state index contributed by atoms with van der Waals surface area (Å²) < 4.78 is 2.02. The van der Waals surface area contributed by atoms with Gasteiger partial charge < -0.3 is 14.6 Å². The zero-order valence-electron chi connectivity index (χ0n) is 15.0. The zero-order valence-corrected chi connectivity index (χ0v) is 15.0. The number of carbonyl (C=O) groups is 1. The lowest BCUT2D eigenvalue weighted by Gasteiger charge is -2.42. The molecule has 1 fully saturated rings. The molecule has 3 rings (SSSR count). The van der Waals surface area contributed by atoms with Gasteiger partial charge in [0.1, 0.15) is 5.69 Å². The Morgan fingerprint density at radius 3 is 2.75 bits per heavy atom. The van der Waals surface area contributed by atoms with E-state index in [0.717, 1.165) is 54.4 Å². The predicted molar refractivity (Wildman–Crippen MR) is 97.2 cm³/mol. The van der Waals surface area contributed by atoms with Crippen LogP contribution in [0.2, 0.25) is 0 Å². The van der Waals surface area contributed by atoms with Crippen molar-refractivity contribution in [1.82, 2.24) is 9.47 Å². The van der Waals surface area contributed by atoms with Gasteiger partial charge in [-0.2, -0.15) is 0 Å². The summed E-state index contributed by atoms with van der Waals surface area (Å²) >= 11 is 0. The van der Waals surface area contributed by atoms with E-state index in [1.807, 2.05) is 35.6 Å². The Morgan fingerprint density at radius 2 is 2.08 bits per heavy atom. The van der Waals surface area contributed by atoms with Crippen molar-refractivity contribution >= 4 is 16.8 Å². The third-order valence-electron chi connectivity index (χ3n) is 5.63. The van der Waals surface area contributed by atoms with E-state index in [9.17, 15) is 9.90 Å². The number of fused-ring (bicyclic) bond motifs is 1. The van der Waals surface area contributed by atoms with Gasteiger partial charge in [0, 0.05) is 36.5 Å². The number of benzene rings is 1. The molecule has 2 aromatic rings. The molecule has 4 heteroatoms. The molecule has 0 saturated carbocycles. The van der Waals surface area contributed by atoms with E-state index in [1.165, 1.54) is 0 Å². The summed E-state index contributed by atoms with van der Waals surface area (Å²) in [4.78, 5) is 15.2. The number of likely N-dealkylation sites (tertiary alicyclic amines) is 1. The molecular formula is C20H28N2O2. The molecule has 0 bridgehead atoms. The van der Waals surface area contributed by atoms with Crippen LogP contribution >= 0.6 is 0 Å². The maximum atomic E-state index is 13.2. The number of rotatable bonds is 4. The molecule has 24 heavy (non-hydrogen) atoms. The van der Waals surface area contributed by atoms with E-state index in [-0.39, 0.29) is 17.9 Å². The zero-order chi connectivity index (χ0) is 17.3. The lowest BCUT2D eigenvalue weighted by molar-refractivity contribution is 0.0217. The number of piperidine rings is 1. The highest BCUT2D eigenvalue weighted by Crippen LogP contribution is 2.35. The first kappa shape index (κ1) is 17.0. The minimum absolute atomic E-state index is 0.0971. The molecule has 1 atom stereocenters. The lowest BCUT2D eigenvalue weighted by Crippen LogP contribution is -2.48. The van der Waals surface area contributed by atoms with Crippen LogP contribution in [0, 0.1) is 12.3 Å². The summed E-state index contributed by atoms with van der Waals surface area (Å²) in [5.74, 6) is 0.0971.